The molecular formula is C13H15BrN2O. The molecule has 0 fully saturated rings. The summed E-state index contributed by atoms with van der Waals surface area (Å²) in [6.45, 7) is 4.97. The van der Waals surface area contributed by atoms with E-state index in [1.165, 1.54) is 0 Å². The number of hydrogen-bond donors (Lipinski definition) is 0. The Balaban J connectivity index is 2.90. The van der Waals surface area contributed by atoms with Crippen LogP contribution in [0.5, 0.6) is 0 Å². The van der Waals surface area contributed by atoms with Gasteiger partial charge in [0.15, 0.2) is 0 Å². The van der Waals surface area contributed by atoms with Crippen LogP contribution in [0.15, 0.2) is 22.7 Å². The van der Waals surface area contributed by atoms with Gasteiger partial charge in [-0.25, -0.2) is 0 Å². The predicted octanol–water partition coefficient (Wildman–Crippen LogP) is 3.13. The van der Waals surface area contributed by atoms with Crippen molar-refractivity contribution in [3.8, 4) is 6.07 Å². The van der Waals surface area contributed by atoms with Gasteiger partial charge in [-0.1, -0.05) is 15.9 Å². The van der Waals surface area contributed by atoms with Gasteiger partial charge in [0.2, 0.25) is 0 Å². The van der Waals surface area contributed by atoms with Crippen LogP contribution < -0.4 is 0 Å². The van der Waals surface area contributed by atoms with Gasteiger partial charge in [0.05, 0.1) is 12.5 Å². The number of carbonyl (C=O) groups is 1. The average molecular weight is 295 g/mol. The van der Waals surface area contributed by atoms with Crippen molar-refractivity contribution in [2.75, 3.05) is 13.1 Å². The zero-order valence-corrected chi connectivity index (χ0v) is 11.6. The summed E-state index contributed by atoms with van der Waals surface area (Å²) in [7, 11) is 0. The summed E-state index contributed by atoms with van der Waals surface area (Å²) in [6, 6.07) is 7.69. The first-order valence-corrected chi connectivity index (χ1v) is 6.31. The molecular weight excluding hydrogens is 280 g/mol. The highest BCUT2D eigenvalue weighted by molar-refractivity contribution is 9.10. The van der Waals surface area contributed by atoms with E-state index >= 15 is 0 Å². The third-order valence-corrected chi connectivity index (χ3v) is 2.91. The molecule has 1 aromatic rings. The lowest BCUT2D eigenvalue weighted by Gasteiger charge is -2.19. The number of nitrogens with zero attached hydrogens (tertiary/aromatic N) is 2. The first-order valence-electron chi connectivity index (χ1n) is 5.52. The van der Waals surface area contributed by atoms with Crippen LogP contribution in [-0.4, -0.2) is 23.9 Å². The lowest BCUT2D eigenvalue weighted by Crippen LogP contribution is -2.31. The van der Waals surface area contributed by atoms with Crippen molar-refractivity contribution in [1.82, 2.24) is 4.90 Å². The minimum Gasteiger partial charge on any atom is -0.338 e. The molecule has 17 heavy (non-hydrogen) atoms. The van der Waals surface area contributed by atoms with Gasteiger partial charge < -0.3 is 4.90 Å². The molecule has 3 nitrogen and oxygen atoms in total. The molecule has 0 spiro atoms. The van der Waals surface area contributed by atoms with E-state index in [1.54, 1.807) is 4.90 Å². The number of rotatable bonds is 4. The van der Waals surface area contributed by atoms with Gasteiger partial charge in [0.25, 0.3) is 5.91 Å². The maximum atomic E-state index is 12.2. The van der Waals surface area contributed by atoms with Gasteiger partial charge in [-0.05, 0) is 37.6 Å². The maximum Gasteiger partial charge on any atom is 0.253 e. The van der Waals surface area contributed by atoms with Crippen LogP contribution in [0, 0.1) is 18.3 Å². The summed E-state index contributed by atoms with van der Waals surface area (Å²) >= 11 is 3.38. The fourth-order valence-corrected chi connectivity index (χ4v) is 2.24. The van der Waals surface area contributed by atoms with Crippen LogP contribution >= 0.6 is 15.9 Å². The molecule has 0 aliphatic carbocycles. The number of aryl methyl sites for hydroxylation is 1. The highest BCUT2D eigenvalue weighted by atomic mass is 79.9. The topological polar surface area (TPSA) is 44.1 Å². The minimum absolute atomic E-state index is 0.0212. The summed E-state index contributed by atoms with van der Waals surface area (Å²) in [5.41, 5.74) is 1.70. The lowest BCUT2D eigenvalue weighted by atomic mass is 10.1. The highest BCUT2D eigenvalue weighted by Crippen LogP contribution is 2.16. The fraction of sp³-hybridized carbons (Fsp3) is 0.385. The fourth-order valence-electron chi connectivity index (χ4n) is 1.63. The Morgan fingerprint density at radius 3 is 2.71 bits per heavy atom. The minimum atomic E-state index is -0.0212. The molecule has 0 radical (unpaired) electrons. The first-order chi connectivity index (χ1) is 8.08. The second-order valence-corrected chi connectivity index (χ2v) is 4.73. The predicted molar refractivity (Wildman–Crippen MR) is 70.7 cm³/mol. The van der Waals surface area contributed by atoms with E-state index in [2.05, 4.69) is 22.0 Å². The van der Waals surface area contributed by atoms with Gasteiger partial charge in [0.1, 0.15) is 0 Å². The van der Waals surface area contributed by atoms with E-state index in [4.69, 9.17) is 5.26 Å². The van der Waals surface area contributed by atoms with Gasteiger partial charge in [0, 0.05) is 23.1 Å². The van der Waals surface area contributed by atoms with E-state index in [0.29, 0.717) is 25.1 Å². The molecule has 0 aromatic heterocycles. The molecule has 90 valence electrons. The number of halogens is 1. The Morgan fingerprint density at radius 2 is 2.18 bits per heavy atom. The lowest BCUT2D eigenvalue weighted by molar-refractivity contribution is 0.0767. The highest BCUT2D eigenvalue weighted by Gasteiger charge is 2.14. The monoisotopic (exact) mass is 294 g/mol. The Kier molecular flexibility index (Phi) is 5.17. The van der Waals surface area contributed by atoms with Crippen LogP contribution in [-0.2, 0) is 0 Å². The van der Waals surface area contributed by atoms with Crippen LogP contribution in [0.3, 0.4) is 0 Å². The smallest absolute Gasteiger partial charge is 0.253 e. The summed E-state index contributed by atoms with van der Waals surface area (Å²) in [5, 5.41) is 8.56. The van der Waals surface area contributed by atoms with Crippen LogP contribution in [0.4, 0.5) is 0 Å². The molecule has 0 atom stereocenters. The molecule has 1 aromatic carbocycles. The molecule has 0 saturated carbocycles. The van der Waals surface area contributed by atoms with Gasteiger partial charge in [-0.3, -0.25) is 4.79 Å². The molecule has 0 aliphatic heterocycles. The van der Waals surface area contributed by atoms with Crippen molar-refractivity contribution in [2.24, 2.45) is 0 Å². The Hall–Kier alpha value is -1.34. The quantitative estimate of drug-likeness (QED) is 0.856. The zero-order valence-electron chi connectivity index (χ0n) is 10.0. The van der Waals surface area contributed by atoms with Crippen molar-refractivity contribution in [1.29, 1.82) is 5.26 Å². The molecule has 0 saturated heterocycles. The molecule has 1 rings (SSSR count). The second kappa shape index (κ2) is 6.41. The molecule has 1 amide bonds. The van der Waals surface area contributed by atoms with Gasteiger partial charge in [-0.2, -0.15) is 5.26 Å². The number of nitriles is 1. The normalized spacial score (nSPS) is 9.76. The molecule has 0 bridgehead atoms. The van der Waals surface area contributed by atoms with Gasteiger partial charge in [-0.15, -0.1) is 0 Å². The molecule has 0 N–H and O–H groups in total. The molecule has 0 unspecified atom stereocenters. The Labute approximate surface area is 110 Å². The Morgan fingerprint density at radius 1 is 1.47 bits per heavy atom. The Bertz CT molecular complexity index is 431. The number of hydrogen-bond acceptors (Lipinski definition) is 2. The van der Waals surface area contributed by atoms with E-state index in [0.717, 1.165) is 10.0 Å². The zero-order chi connectivity index (χ0) is 12.8. The van der Waals surface area contributed by atoms with E-state index < -0.39 is 0 Å². The SMILES string of the molecule is CCN(CCC#N)C(=O)c1cc(C)cc(Br)c1. The summed E-state index contributed by atoms with van der Waals surface area (Å²) in [6.07, 6.45) is 0.368. The van der Waals surface area contributed by atoms with E-state index in [-0.39, 0.29) is 5.91 Å². The van der Waals surface area contributed by atoms with Gasteiger partial charge >= 0.3 is 0 Å². The van der Waals surface area contributed by atoms with Crippen molar-refractivity contribution in [2.45, 2.75) is 20.3 Å². The van der Waals surface area contributed by atoms with E-state index in [1.807, 2.05) is 32.0 Å². The standard InChI is InChI=1S/C13H15BrN2O/c1-3-16(6-4-5-15)13(17)11-7-10(2)8-12(14)9-11/h7-9H,3-4,6H2,1-2H3. The van der Waals surface area contributed by atoms with Crippen LogP contribution in [0.2, 0.25) is 0 Å². The van der Waals surface area contributed by atoms with Crippen LogP contribution in [0.1, 0.15) is 29.3 Å². The number of benzene rings is 1. The second-order valence-electron chi connectivity index (χ2n) is 3.81. The van der Waals surface area contributed by atoms with Crippen molar-refractivity contribution in [3.05, 3.63) is 33.8 Å². The van der Waals surface area contributed by atoms with E-state index in [9.17, 15) is 4.79 Å². The first kappa shape index (κ1) is 13.7. The number of carbonyl (C=O) groups excluding carboxylic acids is 1. The summed E-state index contributed by atoms with van der Waals surface area (Å²) in [5.74, 6) is -0.0212. The third kappa shape index (κ3) is 3.86. The largest absolute Gasteiger partial charge is 0.338 e. The number of amides is 1. The molecule has 0 aliphatic rings. The van der Waals surface area contributed by atoms with Crippen LogP contribution in [0.25, 0.3) is 0 Å². The third-order valence-electron chi connectivity index (χ3n) is 2.45. The average Bonchev–Trinajstić information content (AvgIpc) is 2.28. The van der Waals surface area contributed by atoms with Crippen molar-refractivity contribution in [3.63, 3.8) is 0 Å². The summed E-state index contributed by atoms with van der Waals surface area (Å²) < 4.78 is 0.900. The molecule has 4 heteroatoms. The van der Waals surface area contributed by atoms with Crippen molar-refractivity contribution < 1.29 is 4.79 Å². The maximum absolute atomic E-state index is 12.2. The summed E-state index contributed by atoms with van der Waals surface area (Å²) in [4.78, 5) is 13.9. The van der Waals surface area contributed by atoms with Crippen molar-refractivity contribution >= 4 is 21.8 Å². The molecule has 0 heterocycles.